The molecule has 0 atom stereocenters. The third kappa shape index (κ3) is 4.87. The van der Waals surface area contributed by atoms with Crippen LogP contribution in [0.1, 0.15) is 37.8 Å². The topological polar surface area (TPSA) is 59.1 Å². The van der Waals surface area contributed by atoms with Gasteiger partial charge in [0.1, 0.15) is 5.75 Å². The van der Waals surface area contributed by atoms with Crippen LogP contribution in [0, 0.1) is 0 Å². The Balaban J connectivity index is 1.96. The van der Waals surface area contributed by atoms with E-state index < -0.39 is 0 Å². The molecule has 0 bridgehead atoms. The van der Waals surface area contributed by atoms with E-state index >= 15 is 0 Å². The van der Waals surface area contributed by atoms with E-state index in [2.05, 4.69) is 19.9 Å². The number of methoxy groups -OCH3 is 1. The maximum Gasteiger partial charge on any atom is 0.409 e. The number of amides is 2. The average Bonchev–Trinajstić information content (AvgIpc) is 2.62. The maximum atomic E-state index is 12.6. The fourth-order valence-electron chi connectivity index (χ4n) is 2.89. The van der Waals surface area contributed by atoms with Crippen molar-refractivity contribution in [2.45, 2.75) is 33.1 Å². The summed E-state index contributed by atoms with van der Waals surface area (Å²) in [5.41, 5.74) is 2.08. The Hall–Kier alpha value is -2.24. The van der Waals surface area contributed by atoms with Crippen LogP contribution >= 0.6 is 0 Å². The van der Waals surface area contributed by atoms with Crippen LogP contribution in [0.4, 0.5) is 4.79 Å². The van der Waals surface area contributed by atoms with Crippen molar-refractivity contribution in [3.05, 3.63) is 29.3 Å². The highest BCUT2D eigenvalue weighted by molar-refractivity contribution is 5.80. The lowest BCUT2D eigenvalue weighted by molar-refractivity contribution is -0.132. The van der Waals surface area contributed by atoms with Gasteiger partial charge >= 0.3 is 6.09 Å². The minimum atomic E-state index is -0.305. The van der Waals surface area contributed by atoms with E-state index in [1.165, 1.54) is 5.56 Å². The summed E-state index contributed by atoms with van der Waals surface area (Å²) in [6, 6.07) is 6.03. The largest absolute Gasteiger partial charge is 0.496 e. The van der Waals surface area contributed by atoms with Gasteiger partial charge in [-0.05, 0) is 24.5 Å². The van der Waals surface area contributed by atoms with Crippen molar-refractivity contribution < 1.29 is 19.1 Å². The van der Waals surface area contributed by atoms with Crippen LogP contribution in [0.2, 0.25) is 0 Å². The van der Waals surface area contributed by atoms with Crippen LogP contribution < -0.4 is 4.74 Å². The zero-order valence-corrected chi connectivity index (χ0v) is 15.6. The summed E-state index contributed by atoms with van der Waals surface area (Å²) >= 11 is 0. The van der Waals surface area contributed by atoms with Crippen molar-refractivity contribution in [1.82, 2.24) is 9.80 Å². The molecule has 2 rings (SSSR count). The summed E-state index contributed by atoms with van der Waals surface area (Å²) in [5, 5.41) is 0. The zero-order chi connectivity index (χ0) is 18.4. The van der Waals surface area contributed by atoms with Crippen LogP contribution in [0.3, 0.4) is 0 Å². The molecule has 138 valence electrons. The second-order valence-corrected chi connectivity index (χ2v) is 6.47. The quantitative estimate of drug-likeness (QED) is 0.821. The zero-order valence-electron chi connectivity index (χ0n) is 15.6. The van der Waals surface area contributed by atoms with E-state index in [0.717, 1.165) is 11.3 Å². The first-order valence-corrected chi connectivity index (χ1v) is 8.82. The summed E-state index contributed by atoms with van der Waals surface area (Å²) in [6.45, 7) is 8.49. The van der Waals surface area contributed by atoms with E-state index in [-0.39, 0.29) is 12.0 Å². The summed E-state index contributed by atoms with van der Waals surface area (Å²) in [5.74, 6) is 1.22. The number of nitrogens with zero attached hydrogens (tertiary/aromatic N) is 2. The van der Waals surface area contributed by atoms with E-state index in [9.17, 15) is 9.59 Å². The molecule has 1 aliphatic heterocycles. The molecule has 1 heterocycles. The van der Waals surface area contributed by atoms with Crippen molar-refractivity contribution in [3.63, 3.8) is 0 Å². The molecular weight excluding hydrogens is 320 g/mol. The average molecular weight is 348 g/mol. The normalized spacial score (nSPS) is 14.6. The molecule has 1 fully saturated rings. The number of hydrogen-bond donors (Lipinski definition) is 0. The molecule has 0 unspecified atom stereocenters. The predicted molar refractivity (Wildman–Crippen MR) is 96.0 cm³/mol. The SMILES string of the molecule is CCOC(=O)N1CCN(C(=O)Cc2ccc(C(C)C)cc2OC)CC1. The summed E-state index contributed by atoms with van der Waals surface area (Å²) in [6.07, 6.45) is 0.00145. The number of piperazine rings is 1. The molecule has 0 spiro atoms. The van der Waals surface area contributed by atoms with Crippen molar-refractivity contribution >= 4 is 12.0 Å². The Morgan fingerprint density at radius 3 is 2.32 bits per heavy atom. The third-order valence-corrected chi connectivity index (χ3v) is 4.48. The summed E-state index contributed by atoms with van der Waals surface area (Å²) in [4.78, 5) is 27.8. The second-order valence-electron chi connectivity index (χ2n) is 6.47. The first-order chi connectivity index (χ1) is 12.0. The highest BCUT2D eigenvalue weighted by Crippen LogP contribution is 2.25. The predicted octanol–water partition coefficient (Wildman–Crippen LogP) is 2.66. The van der Waals surface area contributed by atoms with Gasteiger partial charge < -0.3 is 19.3 Å². The lowest BCUT2D eigenvalue weighted by atomic mass is 9.99. The number of benzene rings is 1. The van der Waals surface area contributed by atoms with Crippen molar-refractivity contribution in [1.29, 1.82) is 0 Å². The fourth-order valence-corrected chi connectivity index (χ4v) is 2.89. The number of rotatable bonds is 5. The Bertz CT molecular complexity index is 607. The molecule has 0 N–H and O–H groups in total. The van der Waals surface area contributed by atoms with Crippen LogP contribution in [-0.2, 0) is 16.0 Å². The van der Waals surface area contributed by atoms with Crippen LogP contribution in [0.25, 0.3) is 0 Å². The van der Waals surface area contributed by atoms with E-state index in [0.29, 0.717) is 45.1 Å². The number of carbonyl (C=O) groups excluding carboxylic acids is 2. The highest BCUT2D eigenvalue weighted by atomic mass is 16.6. The molecule has 2 amide bonds. The Morgan fingerprint density at radius 2 is 1.76 bits per heavy atom. The standard InChI is InChI=1S/C19H28N2O4/c1-5-25-19(23)21-10-8-20(9-11-21)18(22)13-16-7-6-15(14(2)3)12-17(16)24-4/h6-7,12,14H,5,8-11,13H2,1-4H3. The number of hydrogen-bond acceptors (Lipinski definition) is 4. The minimum Gasteiger partial charge on any atom is -0.496 e. The van der Waals surface area contributed by atoms with Gasteiger partial charge in [0.2, 0.25) is 5.91 Å². The maximum absolute atomic E-state index is 12.6. The molecular formula is C19H28N2O4. The lowest BCUT2D eigenvalue weighted by Crippen LogP contribution is -2.51. The molecule has 25 heavy (non-hydrogen) atoms. The van der Waals surface area contributed by atoms with Gasteiger partial charge in [0, 0.05) is 31.7 Å². The molecule has 1 saturated heterocycles. The van der Waals surface area contributed by atoms with Crippen molar-refractivity contribution in [2.75, 3.05) is 39.9 Å². The van der Waals surface area contributed by atoms with Gasteiger partial charge in [-0.25, -0.2) is 4.79 Å². The molecule has 0 radical (unpaired) electrons. The Morgan fingerprint density at radius 1 is 1.12 bits per heavy atom. The molecule has 6 nitrogen and oxygen atoms in total. The number of ether oxygens (including phenoxy) is 2. The monoisotopic (exact) mass is 348 g/mol. The van der Waals surface area contributed by atoms with Crippen molar-refractivity contribution in [2.24, 2.45) is 0 Å². The Labute approximate surface area is 149 Å². The molecule has 0 aliphatic carbocycles. The molecule has 1 aromatic carbocycles. The third-order valence-electron chi connectivity index (χ3n) is 4.48. The first kappa shape index (κ1) is 19.1. The number of carbonyl (C=O) groups is 2. The minimum absolute atomic E-state index is 0.0547. The van der Waals surface area contributed by atoms with Gasteiger partial charge in [0.25, 0.3) is 0 Å². The fraction of sp³-hybridized carbons (Fsp3) is 0.579. The molecule has 0 aromatic heterocycles. The van der Waals surface area contributed by atoms with Gasteiger partial charge in [-0.1, -0.05) is 26.0 Å². The molecule has 1 aliphatic rings. The van der Waals surface area contributed by atoms with E-state index in [1.807, 2.05) is 12.1 Å². The second kappa shape index (κ2) is 8.74. The van der Waals surface area contributed by atoms with Crippen molar-refractivity contribution in [3.8, 4) is 5.75 Å². The molecule has 1 aromatic rings. The van der Waals surface area contributed by atoms with Crippen LogP contribution in [0.15, 0.2) is 18.2 Å². The van der Waals surface area contributed by atoms with E-state index in [4.69, 9.17) is 9.47 Å². The first-order valence-electron chi connectivity index (χ1n) is 8.82. The van der Waals surface area contributed by atoms with Gasteiger partial charge in [-0.3, -0.25) is 4.79 Å². The summed E-state index contributed by atoms with van der Waals surface area (Å²) < 4.78 is 10.5. The van der Waals surface area contributed by atoms with Gasteiger partial charge in [-0.2, -0.15) is 0 Å². The van der Waals surface area contributed by atoms with Gasteiger partial charge in [-0.15, -0.1) is 0 Å². The molecule has 6 heteroatoms. The van der Waals surface area contributed by atoms with E-state index in [1.54, 1.807) is 23.8 Å². The Kier molecular flexibility index (Phi) is 6.67. The molecule has 0 saturated carbocycles. The van der Waals surface area contributed by atoms with Crippen LogP contribution in [-0.4, -0.2) is 61.7 Å². The summed E-state index contributed by atoms with van der Waals surface area (Å²) in [7, 11) is 1.63. The van der Waals surface area contributed by atoms with Crippen LogP contribution in [0.5, 0.6) is 5.75 Å². The smallest absolute Gasteiger partial charge is 0.409 e. The lowest BCUT2D eigenvalue weighted by Gasteiger charge is -2.34. The van der Waals surface area contributed by atoms with Gasteiger partial charge in [0.05, 0.1) is 20.1 Å². The van der Waals surface area contributed by atoms with Gasteiger partial charge in [0.15, 0.2) is 0 Å². The highest BCUT2D eigenvalue weighted by Gasteiger charge is 2.25.